The second-order valence-corrected chi connectivity index (χ2v) is 8.00. The molecule has 0 saturated heterocycles. The molecule has 4 aromatic rings. The molecular weight excluding hydrogens is 444 g/mol. The van der Waals surface area contributed by atoms with Gasteiger partial charge in [-0.15, -0.1) is 11.3 Å². The number of hydrogen-bond donors (Lipinski definition) is 1. The number of anilines is 1. The average Bonchev–Trinajstić information content (AvgIpc) is 3.39. The Morgan fingerprint density at radius 3 is 2.68 bits per heavy atom. The lowest BCUT2D eigenvalue weighted by molar-refractivity contribution is 0.103. The van der Waals surface area contributed by atoms with Gasteiger partial charge in [-0.2, -0.15) is 5.10 Å². The lowest BCUT2D eigenvalue weighted by Gasteiger charge is -2.04. The van der Waals surface area contributed by atoms with E-state index < -0.39 is 5.82 Å². The molecular formula is C22H16ClF2N3O2S. The molecule has 4 rings (SSSR count). The molecule has 0 aliphatic heterocycles. The zero-order chi connectivity index (χ0) is 21.8. The van der Waals surface area contributed by atoms with Crippen LogP contribution in [-0.2, 0) is 13.2 Å². The number of ether oxygens (including phenoxy) is 1. The third-order valence-electron chi connectivity index (χ3n) is 4.34. The van der Waals surface area contributed by atoms with Crippen LogP contribution >= 0.6 is 22.9 Å². The van der Waals surface area contributed by atoms with Crippen LogP contribution in [0.25, 0.3) is 0 Å². The highest BCUT2D eigenvalue weighted by molar-refractivity contribution is 7.12. The maximum atomic E-state index is 13.2. The third kappa shape index (κ3) is 5.48. The Kier molecular flexibility index (Phi) is 6.29. The van der Waals surface area contributed by atoms with Gasteiger partial charge in [0.2, 0.25) is 0 Å². The second-order valence-electron chi connectivity index (χ2n) is 6.68. The number of nitrogens with zero attached hydrogens (tertiary/aromatic N) is 2. The number of carbonyl (C=O) groups is 1. The second kappa shape index (κ2) is 9.28. The summed E-state index contributed by atoms with van der Waals surface area (Å²) >= 11 is 7.34. The van der Waals surface area contributed by atoms with Crippen molar-refractivity contribution in [2.45, 2.75) is 13.2 Å². The Labute approximate surface area is 185 Å². The van der Waals surface area contributed by atoms with Crippen molar-refractivity contribution in [2.75, 3.05) is 5.32 Å². The van der Waals surface area contributed by atoms with E-state index in [4.69, 9.17) is 16.3 Å². The molecule has 0 saturated carbocycles. The minimum Gasteiger partial charge on any atom is -0.489 e. The quantitative estimate of drug-likeness (QED) is 0.382. The molecule has 0 fully saturated rings. The predicted molar refractivity (Wildman–Crippen MR) is 116 cm³/mol. The fourth-order valence-electron chi connectivity index (χ4n) is 2.80. The smallest absolute Gasteiger partial charge is 0.265 e. The molecule has 0 radical (unpaired) electrons. The number of carbonyl (C=O) groups excluding carboxylic acids is 1. The Balaban J connectivity index is 1.34. The van der Waals surface area contributed by atoms with Crippen LogP contribution in [0.2, 0.25) is 5.02 Å². The first-order valence-corrected chi connectivity index (χ1v) is 10.5. The number of aromatic nitrogens is 2. The molecule has 1 amide bonds. The number of halogens is 3. The van der Waals surface area contributed by atoms with Crippen LogP contribution in [0.4, 0.5) is 14.5 Å². The van der Waals surface area contributed by atoms with Gasteiger partial charge in [0.15, 0.2) is 0 Å². The Bertz CT molecular complexity index is 1210. The van der Waals surface area contributed by atoms with Crippen molar-refractivity contribution in [2.24, 2.45) is 0 Å². The van der Waals surface area contributed by atoms with Gasteiger partial charge in [0, 0.05) is 16.8 Å². The molecule has 9 heteroatoms. The summed E-state index contributed by atoms with van der Waals surface area (Å²) in [6.07, 6.45) is 3.20. The predicted octanol–water partition coefficient (Wildman–Crippen LogP) is 5.76. The molecule has 2 heterocycles. The van der Waals surface area contributed by atoms with Crippen molar-refractivity contribution in [3.05, 3.63) is 99.0 Å². The zero-order valence-corrected chi connectivity index (χ0v) is 17.6. The fraction of sp³-hybridized carbons (Fsp3) is 0.0909. The lowest BCUT2D eigenvalue weighted by atomic mass is 10.2. The molecule has 2 aromatic heterocycles. The third-order valence-corrected chi connectivity index (χ3v) is 5.66. The lowest BCUT2D eigenvalue weighted by Crippen LogP contribution is -2.09. The first kappa shape index (κ1) is 21.0. The van der Waals surface area contributed by atoms with Crippen molar-refractivity contribution in [3.8, 4) is 5.75 Å². The molecule has 0 spiro atoms. The monoisotopic (exact) mass is 459 g/mol. The molecule has 0 aliphatic carbocycles. The summed E-state index contributed by atoms with van der Waals surface area (Å²) in [5, 5.41) is 9.14. The topological polar surface area (TPSA) is 56.2 Å². The normalized spacial score (nSPS) is 10.8. The van der Waals surface area contributed by atoms with Crippen molar-refractivity contribution < 1.29 is 18.3 Å². The first-order valence-electron chi connectivity index (χ1n) is 9.20. The number of thiophene rings is 1. The Morgan fingerprint density at radius 2 is 1.90 bits per heavy atom. The van der Waals surface area contributed by atoms with Gasteiger partial charge in [-0.3, -0.25) is 9.48 Å². The molecule has 0 unspecified atom stereocenters. The van der Waals surface area contributed by atoms with Crippen LogP contribution < -0.4 is 10.1 Å². The minimum absolute atomic E-state index is 0.266. The van der Waals surface area contributed by atoms with Crippen LogP contribution in [0.5, 0.6) is 5.75 Å². The number of nitrogens with one attached hydrogen (secondary N) is 1. The van der Waals surface area contributed by atoms with Crippen LogP contribution in [0.3, 0.4) is 0 Å². The van der Waals surface area contributed by atoms with E-state index in [1.807, 2.05) is 5.38 Å². The van der Waals surface area contributed by atoms with E-state index >= 15 is 0 Å². The van der Waals surface area contributed by atoms with E-state index in [-0.39, 0.29) is 18.3 Å². The van der Waals surface area contributed by atoms with Crippen LogP contribution in [-0.4, -0.2) is 15.7 Å². The van der Waals surface area contributed by atoms with Gasteiger partial charge in [0.1, 0.15) is 24.0 Å². The van der Waals surface area contributed by atoms with Gasteiger partial charge < -0.3 is 10.1 Å². The van der Waals surface area contributed by atoms with Crippen LogP contribution in [0, 0.1) is 11.6 Å². The molecule has 31 heavy (non-hydrogen) atoms. The average molecular weight is 460 g/mol. The summed E-state index contributed by atoms with van der Waals surface area (Å²) in [7, 11) is 0. The van der Waals surface area contributed by atoms with Crippen LogP contribution in [0.1, 0.15) is 20.8 Å². The number of hydrogen-bond acceptors (Lipinski definition) is 4. The van der Waals surface area contributed by atoms with Gasteiger partial charge >= 0.3 is 0 Å². The first-order chi connectivity index (χ1) is 15.0. The van der Waals surface area contributed by atoms with Gasteiger partial charge in [-0.05, 0) is 53.4 Å². The molecule has 2 aromatic carbocycles. The van der Waals surface area contributed by atoms with E-state index in [9.17, 15) is 13.6 Å². The Hall–Kier alpha value is -3.23. The van der Waals surface area contributed by atoms with Gasteiger partial charge in [-0.25, -0.2) is 8.78 Å². The highest BCUT2D eigenvalue weighted by Crippen LogP contribution is 2.21. The van der Waals surface area contributed by atoms with Crippen molar-refractivity contribution in [1.29, 1.82) is 0 Å². The molecule has 0 aliphatic rings. The molecule has 5 nitrogen and oxygen atoms in total. The summed E-state index contributed by atoms with van der Waals surface area (Å²) in [5.41, 5.74) is 2.08. The summed E-state index contributed by atoms with van der Waals surface area (Å²) in [4.78, 5) is 13.0. The zero-order valence-electron chi connectivity index (χ0n) is 16.0. The van der Waals surface area contributed by atoms with E-state index in [0.717, 1.165) is 5.56 Å². The highest BCUT2D eigenvalue weighted by atomic mass is 35.5. The summed E-state index contributed by atoms with van der Waals surface area (Å²) in [5.74, 6) is -0.448. The Morgan fingerprint density at radius 1 is 1.13 bits per heavy atom. The number of rotatable bonds is 7. The van der Waals surface area contributed by atoms with E-state index in [2.05, 4.69) is 10.4 Å². The summed E-state index contributed by atoms with van der Waals surface area (Å²) in [6.45, 7) is 0.616. The highest BCUT2D eigenvalue weighted by Gasteiger charge is 2.12. The summed E-state index contributed by atoms with van der Waals surface area (Å²) in [6, 6.07) is 11.7. The molecule has 158 valence electrons. The van der Waals surface area contributed by atoms with Crippen molar-refractivity contribution in [3.63, 3.8) is 0 Å². The minimum atomic E-state index is -0.402. The van der Waals surface area contributed by atoms with E-state index in [0.29, 0.717) is 33.4 Å². The number of amides is 1. The van der Waals surface area contributed by atoms with E-state index in [1.54, 1.807) is 35.1 Å². The fourth-order valence-corrected chi connectivity index (χ4v) is 3.82. The van der Waals surface area contributed by atoms with Crippen molar-refractivity contribution in [1.82, 2.24) is 9.78 Å². The standard InChI is InChI=1S/C22H16ClF2N3O2S/c23-20-8-17(25)2-1-15(20)10-28-11-18(9-26-28)27-22(29)21-7-14(13-31-21)12-30-19-5-3-16(24)4-6-19/h1-9,11,13H,10,12H2,(H,27,29). The van der Waals surface area contributed by atoms with Crippen molar-refractivity contribution >= 4 is 34.5 Å². The summed E-state index contributed by atoms with van der Waals surface area (Å²) < 4.78 is 33.3. The number of benzene rings is 2. The van der Waals surface area contributed by atoms with Gasteiger partial charge in [-0.1, -0.05) is 17.7 Å². The SMILES string of the molecule is O=C(Nc1cnn(Cc2ccc(F)cc2Cl)c1)c1cc(COc2ccc(F)cc2)cs1. The van der Waals surface area contributed by atoms with Gasteiger partial charge in [0.25, 0.3) is 5.91 Å². The molecule has 0 bridgehead atoms. The maximum absolute atomic E-state index is 13.2. The maximum Gasteiger partial charge on any atom is 0.265 e. The molecule has 0 atom stereocenters. The largest absolute Gasteiger partial charge is 0.489 e. The molecule has 1 N–H and O–H groups in total. The van der Waals surface area contributed by atoms with Crippen LogP contribution in [0.15, 0.2) is 66.3 Å². The van der Waals surface area contributed by atoms with E-state index in [1.165, 1.54) is 41.8 Å². The van der Waals surface area contributed by atoms with Gasteiger partial charge in [0.05, 0.1) is 23.3 Å².